The maximum atomic E-state index is 4.41. The van der Waals surface area contributed by atoms with Gasteiger partial charge in [0.2, 0.25) is 0 Å². The lowest BCUT2D eigenvalue weighted by atomic mass is 10.0. The molecule has 3 nitrogen and oxygen atoms in total. The number of pyridine rings is 1. The Morgan fingerprint density at radius 2 is 2.00 bits per heavy atom. The summed E-state index contributed by atoms with van der Waals surface area (Å²) in [6.07, 6.45) is 4.88. The van der Waals surface area contributed by atoms with Crippen molar-refractivity contribution >= 4 is 21.4 Å². The second-order valence-electron chi connectivity index (χ2n) is 4.80. The molecule has 2 aromatic heterocycles. The summed E-state index contributed by atoms with van der Waals surface area (Å²) >= 11 is 3.47. The van der Waals surface area contributed by atoms with Crippen molar-refractivity contribution in [3.8, 4) is 0 Å². The maximum Gasteiger partial charge on any atom is 0.0709 e. The molecule has 0 aliphatic rings. The fraction of sp³-hybridized carbons (Fsp3) is 0.188. The Balaban J connectivity index is 1.91. The molecule has 0 spiro atoms. The van der Waals surface area contributed by atoms with Crippen molar-refractivity contribution in [1.82, 2.24) is 14.9 Å². The molecule has 1 unspecified atom stereocenters. The van der Waals surface area contributed by atoms with Crippen LogP contribution in [0.2, 0.25) is 0 Å². The van der Waals surface area contributed by atoms with Crippen LogP contribution in [0, 0.1) is 0 Å². The number of fused-ring (bicyclic) bond motifs is 1. The third-order valence-corrected chi connectivity index (χ3v) is 4.06. The first-order valence-electron chi connectivity index (χ1n) is 6.62. The molecule has 0 radical (unpaired) electrons. The van der Waals surface area contributed by atoms with Gasteiger partial charge < -0.3 is 5.32 Å². The average molecular weight is 330 g/mol. The van der Waals surface area contributed by atoms with E-state index in [0.717, 1.165) is 16.4 Å². The van der Waals surface area contributed by atoms with Gasteiger partial charge in [0.25, 0.3) is 0 Å². The zero-order chi connectivity index (χ0) is 13.9. The molecule has 0 aliphatic heterocycles. The molecule has 0 saturated heterocycles. The number of hydrogen-bond acceptors (Lipinski definition) is 2. The number of nitrogens with one attached hydrogen (secondary N) is 1. The van der Waals surface area contributed by atoms with Gasteiger partial charge in [-0.3, -0.25) is 0 Å². The first-order valence-corrected chi connectivity index (χ1v) is 7.41. The van der Waals surface area contributed by atoms with Gasteiger partial charge >= 0.3 is 0 Å². The topological polar surface area (TPSA) is 29.3 Å². The highest BCUT2D eigenvalue weighted by molar-refractivity contribution is 9.10. The fourth-order valence-corrected chi connectivity index (χ4v) is 2.71. The second-order valence-corrected chi connectivity index (χ2v) is 5.72. The molecule has 0 aliphatic carbocycles. The quantitative estimate of drug-likeness (QED) is 0.792. The Kier molecular flexibility index (Phi) is 3.85. The molecule has 0 bridgehead atoms. The lowest BCUT2D eigenvalue weighted by molar-refractivity contribution is 0.596. The second kappa shape index (κ2) is 5.77. The van der Waals surface area contributed by atoms with E-state index in [2.05, 4.69) is 56.7 Å². The van der Waals surface area contributed by atoms with E-state index in [0.29, 0.717) is 0 Å². The standard InChI is InChI=1S/C16H16BrN3/c1-18-15(10-12-5-7-13(17)8-6-12)14-11-19-20-9-3-2-4-16(14)20/h2-9,11,15,18H,10H2,1H3. The summed E-state index contributed by atoms with van der Waals surface area (Å²) in [5.41, 5.74) is 3.70. The van der Waals surface area contributed by atoms with E-state index in [1.807, 2.05) is 36.1 Å². The SMILES string of the molecule is CNC(Cc1ccc(Br)cc1)c1cnn2ccccc12. The Labute approximate surface area is 126 Å². The van der Waals surface area contributed by atoms with Gasteiger partial charge in [-0.05, 0) is 43.3 Å². The molecule has 1 aromatic carbocycles. The largest absolute Gasteiger partial charge is 0.313 e. The molecule has 20 heavy (non-hydrogen) atoms. The van der Waals surface area contributed by atoms with Crippen LogP contribution in [0.1, 0.15) is 17.2 Å². The van der Waals surface area contributed by atoms with Crippen molar-refractivity contribution < 1.29 is 0 Å². The summed E-state index contributed by atoms with van der Waals surface area (Å²) in [5.74, 6) is 0. The van der Waals surface area contributed by atoms with E-state index in [1.165, 1.54) is 11.1 Å². The Hall–Kier alpha value is -1.65. The molecule has 102 valence electrons. The summed E-state index contributed by atoms with van der Waals surface area (Å²) in [6.45, 7) is 0. The zero-order valence-corrected chi connectivity index (χ0v) is 12.8. The summed E-state index contributed by atoms with van der Waals surface area (Å²) in [4.78, 5) is 0. The van der Waals surface area contributed by atoms with Crippen molar-refractivity contribution in [3.63, 3.8) is 0 Å². The van der Waals surface area contributed by atoms with Crippen LogP contribution >= 0.6 is 15.9 Å². The van der Waals surface area contributed by atoms with Gasteiger partial charge in [-0.2, -0.15) is 5.10 Å². The van der Waals surface area contributed by atoms with Crippen LogP contribution in [0.5, 0.6) is 0 Å². The Bertz CT molecular complexity index is 703. The average Bonchev–Trinajstić information content (AvgIpc) is 2.91. The Morgan fingerprint density at radius 3 is 2.75 bits per heavy atom. The normalized spacial score (nSPS) is 12.7. The molecular formula is C16H16BrN3. The number of likely N-dealkylation sites (N-methyl/N-ethyl adjacent to an activating group) is 1. The third kappa shape index (κ3) is 2.62. The molecule has 4 heteroatoms. The molecule has 1 N–H and O–H groups in total. The smallest absolute Gasteiger partial charge is 0.0709 e. The molecule has 2 heterocycles. The van der Waals surface area contributed by atoms with E-state index in [-0.39, 0.29) is 6.04 Å². The molecule has 3 rings (SSSR count). The van der Waals surface area contributed by atoms with Crippen LogP contribution in [0.3, 0.4) is 0 Å². The van der Waals surface area contributed by atoms with Crippen LogP contribution < -0.4 is 5.32 Å². The highest BCUT2D eigenvalue weighted by Crippen LogP contribution is 2.23. The third-order valence-electron chi connectivity index (χ3n) is 3.53. The Morgan fingerprint density at radius 1 is 1.20 bits per heavy atom. The minimum atomic E-state index is 0.260. The van der Waals surface area contributed by atoms with Crippen molar-refractivity contribution in [3.05, 3.63) is 70.5 Å². The minimum Gasteiger partial charge on any atom is -0.313 e. The monoisotopic (exact) mass is 329 g/mol. The first kappa shape index (κ1) is 13.3. The number of rotatable bonds is 4. The van der Waals surface area contributed by atoms with Gasteiger partial charge in [0, 0.05) is 22.3 Å². The number of halogens is 1. The van der Waals surface area contributed by atoms with Crippen LogP contribution in [-0.4, -0.2) is 16.7 Å². The highest BCUT2D eigenvalue weighted by Gasteiger charge is 2.15. The summed E-state index contributed by atoms with van der Waals surface area (Å²) < 4.78 is 3.03. The van der Waals surface area contributed by atoms with E-state index < -0.39 is 0 Å². The summed E-state index contributed by atoms with van der Waals surface area (Å²) in [6, 6.07) is 14.9. The zero-order valence-electron chi connectivity index (χ0n) is 11.3. The first-order chi connectivity index (χ1) is 9.78. The van der Waals surface area contributed by atoms with E-state index >= 15 is 0 Å². The lowest BCUT2D eigenvalue weighted by Crippen LogP contribution is -2.18. The molecule has 0 saturated carbocycles. The minimum absolute atomic E-state index is 0.260. The highest BCUT2D eigenvalue weighted by atomic mass is 79.9. The molecule has 1 atom stereocenters. The number of benzene rings is 1. The van der Waals surface area contributed by atoms with Crippen LogP contribution in [0.4, 0.5) is 0 Å². The van der Waals surface area contributed by atoms with Gasteiger partial charge in [-0.25, -0.2) is 4.52 Å². The maximum absolute atomic E-state index is 4.41. The molecule has 3 aromatic rings. The van der Waals surface area contributed by atoms with Crippen LogP contribution in [0.15, 0.2) is 59.3 Å². The fourth-order valence-electron chi connectivity index (χ4n) is 2.45. The van der Waals surface area contributed by atoms with Crippen molar-refractivity contribution in [2.45, 2.75) is 12.5 Å². The van der Waals surface area contributed by atoms with Crippen LogP contribution in [0.25, 0.3) is 5.52 Å². The number of hydrogen-bond donors (Lipinski definition) is 1. The van der Waals surface area contributed by atoms with Crippen molar-refractivity contribution in [2.24, 2.45) is 0 Å². The van der Waals surface area contributed by atoms with E-state index in [1.54, 1.807) is 0 Å². The lowest BCUT2D eigenvalue weighted by Gasteiger charge is -2.15. The summed E-state index contributed by atoms with van der Waals surface area (Å²) in [7, 11) is 2.00. The van der Waals surface area contributed by atoms with Crippen LogP contribution in [-0.2, 0) is 6.42 Å². The predicted octanol–water partition coefficient (Wildman–Crippen LogP) is 3.60. The van der Waals surface area contributed by atoms with Gasteiger partial charge in [0.1, 0.15) is 0 Å². The molecule has 0 amide bonds. The van der Waals surface area contributed by atoms with Gasteiger partial charge in [-0.15, -0.1) is 0 Å². The van der Waals surface area contributed by atoms with Crippen molar-refractivity contribution in [2.75, 3.05) is 7.05 Å². The predicted molar refractivity (Wildman–Crippen MR) is 84.8 cm³/mol. The van der Waals surface area contributed by atoms with E-state index in [9.17, 15) is 0 Å². The summed E-state index contributed by atoms with van der Waals surface area (Å²) in [5, 5.41) is 7.81. The van der Waals surface area contributed by atoms with E-state index in [4.69, 9.17) is 0 Å². The number of aromatic nitrogens is 2. The van der Waals surface area contributed by atoms with Gasteiger partial charge in [0.05, 0.1) is 11.7 Å². The van der Waals surface area contributed by atoms with Gasteiger partial charge in [0.15, 0.2) is 0 Å². The van der Waals surface area contributed by atoms with Gasteiger partial charge in [-0.1, -0.05) is 34.1 Å². The number of nitrogens with zero attached hydrogens (tertiary/aromatic N) is 2. The molecular weight excluding hydrogens is 314 g/mol. The molecule has 0 fully saturated rings. The van der Waals surface area contributed by atoms with Crippen molar-refractivity contribution in [1.29, 1.82) is 0 Å².